The van der Waals surface area contributed by atoms with E-state index in [1.807, 2.05) is 68.4 Å². The van der Waals surface area contributed by atoms with Gasteiger partial charge >= 0.3 is 0 Å². The molecule has 0 radical (unpaired) electrons. The number of hydrogen-bond donors (Lipinski definition) is 0. The van der Waals surface area contributed by atoms with E-state index in [-0.39, 0.29) is 12.3 Å². The van der Waals surface area contributed by atoms with Crippen LogP contribution in [0, 0.1) is 21.4 Å². The van der Waals surface area contributed by atoms with Crippen LogP contribution in [-0.4, -0.2) is 18.1 Å². The van der Waals surface area contributed by atoms with Crippen LogP contribution >= 0.6 is 15.9 Å². The molecule has 0 bridgehead atoms. The summed E-state index contributed by atoms with van der Waals surface area (Å²) in [5.74, 6) is 2.31. The first-order valence-electron chi connectivity index (χ1n) is 13.3. The van der Waals surface area contributed by atoms with Gasteiger partial charge in [0, 0.05) is 12.1 Å². The van der Waals surface area contributed by atoms with Gasteiger partial charge in [0.05, 0.1) is 34.3 Å². The maximum Gasteiger partial charge on any atom is 0.269 e. The van der Waals surface area contributed by atoms with Crippen molar-refractivity contribution in [1.29, 1.82) is 5.26 Å². The Morgan fingerprint density at radius 3 is 2.19 bits per heavy atom. The Kier molecular flexibility index (Phi) is 10.6. The summed E-state index contributed by atoms with van der Waals surface area (Å²) in [6.07, 6.45) is 1.70. The standard InChI is InChI=1S/C33H29BrN2O6/c1-3-39-31-18-24(10-15-30(31)41-21-23-8-6-5-7-9-23)22-42-33-29(34)17-25(19-32(33)40-4-2)16-27(20-35)26-11-13-28(14-12-26)36(37)38/h5-19H,3-4,21-22H2,1-2H3/b27-16+. The molecule has 0 N–H and O–H groups in total. The fourth-order valence-corrected chi connectivity index (χ4v) is 4.68. The van der Waals surface area contributed by atoms with Crippen LogP contribution in [0.2, 0.25) is 0 Å². The minimum Gasteiger partial charge on any atom is -0.490 e. The topological polar surface area (TPSA) is 104 Å². The maximum atomic E-state index is 11.0. The average molecular weight is 630 g/mol. The maximum absolute atomic E-state index is 11.0. The van der Waals surface area contributed by atoms with Crippen molar-refractivity contribution in [1.82, 2.24) is 0 Å². The molecular weight excluding hydrogens is 600 g/mol. The first kappa shape index (κ1) is 30.2. The van der Waals surface area contributed by atoms with Crippen LogP contribution in [0.3, 0.4) is 0 Å². The van der Waals surface area contributed by atoms with Crippen molar-refractivity contribution in [3.63, 3.8) is 0 Å². The Morgan fingerprint density at radius 1 is 0.833 bits per heavy atom. The summed E-state index contributed by atoms with van der Waals surface area (Å²) in [4.78, 5) is 10.5. The summed E-state index contributed by atoms with van der Waals surface area (Å²) in [6, 6.07) is 27.3. The second kappa shape index (κ2) is 14.7. The van der Waals surface area contributed by atoms with E-state index < -0.39 is 4.92 Å². The van der Waals surface area contributed by atoms with Crippen molar-refractivity contribution >= 4 is 33.3 Å². The zero-order valence-electron chi connectivity index (χ0n) is 23.2. The third kappa shape index (κ3) is 7.89. The van der Waals surface area contributed by atoms with Crippen molar-refractivity contribution in [2.75, 3.05) is 13.2 Å². The molecule has 0 saturated carbocycles. The number of hydrogen-bond acceptors (Lipinski definition) is 7. The van der Waals surface area contributed by atoms with Gasteiger partial charge in [0.15, 0.2) is 23.0 Å². The van der Waals surface area contributed by atoms with E-state index >= 15 is 0 Å². The number of nitro groups is 1. The van der Waals surface area contributed by atoms with Gasteiger partial charge in [-0.05, 0) is 94.5 Å². The van der Waals surface area contributed by atoms with Gasteiger partial charge in [-0.1, -0.05) is 36.4 Å². The smallest absolute Gasteiger partial charge is 0.269 e. The Morgan fingerprint density at radius 2 is 1.52 bits per heavy atom. The third-order valence-corrected chi connectivity index (χ3v) is 6.67. The van der Waals surface area contributed by atoms with E-state index in [1.54, 1.807) is 24.3 Å². The minimum absolute atomic E-state index is 0.0401. The normalized spacial score (nSPS) is 11.0. The van der Waals surface area contributed by atoms with Crippen LogP contribution < -0.4 is 18.9 Å². The molecule has 0 spiro atoms. The van der Waals surface area contributed by atoms with E-state index in [9.17, 15) is 15.4 Å². The molecule has 4 aromatic carbocycles. The highest BCUT2D eigenvalue weighted by Crippen LogP contribution is 2.39. The number of allylic oxidation sites excluding steroid dienone is 1. The monoisotopic (exact) mass is 628 g/mol. The lowest BCUT2D eigenvalue weighted by Crippen LogP contribution is -2.03. The summed E-state index contributed by atoms with van der Waals surface area (Å²) >= 11 is 3.59. The first-order chi connectivity index (χ1) is 20.4. The number of halogens is 1. The molecule has 0 aromatic heterocycles. The number of non-ortho nitro benzene ring substituents is 1. The van der Waals surface area contributed by atoms with Gasteiger partial charge in [-0.2, -0.15) is 5.26 Å². The minimum atomic E-state index is -0.477. The second-order valence-corrected chi connectivity index (χ2v) is 9.87. The number of nitrogens with zero attached hydrogens (tertiary/aromatic N) is 2. The van der Waals surface area contributed by atoms with Gasteiger partial charge < -0.3 is 18.9 Å². The van der Waals surface area contributed by atoms with E-state index in [0.717, 1.165) is 11.1 Å². The summed E-state index contributed by atoms with van der Waals surface area (Å²) in [5, 5.41) is 20.7. The lowest BCUT2D eigenvalue weighted by atomic mass is 10.0. The molecule has 4 aromatic rings. The number of rotatable bonds is 13. The molecule has 0 unspecified atom stereocenters. The van der Waals surface area contributed by atoms with Gasteiger partial charge in [0.2, 0.25) is 0 Å². The quantitative estimate of drug-likeness (QED) is 0.0633. The summed E-state index contributed by atoms with van der Waals surface area (Å²) in [7, 11) is 0. The molecule has 214 valence electrons. The lowest BCUT2D eigenvalue weighted by Gasteiger charge is -2.16. The molecule has 0 amide bonds. The summed E-state index contributed by atoms with van der Waals surface area (Å²) < 4.78 is 24.6. The first-order valence-corrected chi connectivity index (χ1v) is 14.1. The van der Waals surface area contributed by atoms with Crippen LogP contribution in [-0.2, 0) is 13.2 Å². The van der Waals surface area contributed by atoms with Crippen molar-refractivity contribution in [2.24, 2.45) is 0 Å². The fraction of sp³-hybridized carbons (Fsp3) is 0.182. The van der Waals surface area contributed by atoms with Gasteiger partial charge in [-0.3, -0.25) is 10.1 Å². The number of ether oxygens (including phenoxy) is 4. The molecule has 0 aliphatic carbocycles. The molecule has 0 atom stereocenters. The highest BCUT2D eigenvalue weighted by Gasteiger charge is 2.15. The van der Waals surface area contributed by atoms with Crippen LogP contribution in [0.5, 0.6) is 23.0 Å². The third-order valence-electron chi connectivity index (χ3n) is 6.08. The van der Waals surface area contributed by atoms with Gasteiger partial charge in [-0.25, -0.2) is 0 Å². The van der Waals surface area contributed by atoms with Crippen LogP contribution in [0.4, 0.5) is 5.69 Å². The largest absolute Gasteiger partial charge is 0.490 e. The van der Waals surface area contributed by atoms with Crippen LogP contribution in [0.25, 0.3) is 11.6 Å². The molecule has 42 heavy (non-hydrogen) atoms. The van der Waals surface area contributed by atoms with E-state index in [0.29, 0.717) is 64.0 Å². The molecule has 8 nitrogen and oxygen atoms in total. The van der Waals surface area contributed by atoms with Crippen LogP contribution in [0.1, 0.15) is 36.1 Å². The van der Waals surface area contributed by atoms with Gasteiger partial charge in [0.25, 0.3) is 5.69 Å². The zero-order valence-corrected chi connectivity index (χ0v) is 24.8. The second-order valence-electron chi connectivity index (χ2n) is 9.01. The van der Waals surface area contributed by atoms with Crippen molar-refractivity contribution in [2.45, 2.75) is 27.1 Å². The molecule has 0 aliphatic heterocycles. The van der Waals surface area contributed by atoms with Crippen molar-refractivity contribution in [3.8, 4) is 29.1 Å². The average Bonchev–Trinajstić information content (AvgIpc) is 3.00. The molecule has 4 rings (SSSR count). The lowest BCUT2D eigenvalue weighted by molar-refractivity contribution is -0.384. The molecule has 0 saturated heterocycles. The van der Waals surface area contributed by atoms with Gasteiger partial charge in [0.1, 0.15) is 13.2 Å². The molecule has 0 fully saturated rings. The van der Waals surface area contributed by atoms with Gasteiger partial charge in [-0.15, -0.1) is 0 Å². The SMILES string of the molecule is CCOc1cc(COc2c(Br)cc(/C=C(\C#N)c3ccc([N+](=O)[O-])cc3)cc2OCC)ccc1OCc1ccccc1. The summed E-state index contributed by atoms with van der Waals surface area (Å²) in [5.41, 5.74) is 3.53. The molecule has 0 aliphatic rings. The molecule has 9 heteroatoms. The number of nitro benzene ring substituents is 1. The predicted octanol–water partition coefficient (Wildman–Crippen LogP) is 8.38. The van der Waals surface area contributed by atoms with E-state index in [4.69, 9.17) is 18.9 Å². The Balaban J connectivity index is 1.53. The summed E-state index contributed by atoms with van der Waals surface area (Å²) in [6.45, 7) is 5.38. The number of nitriles is 1. The number of benzene rings is 4. The van der Waals surface area contributed by atoms with Crippen LogP contribution in [0.15, 0.2) is 89.4 Å². The highest BCUT2D eigenvalue weighted by atomic mass is 79.9. The fourth-order valence-electron chi connectivity index (χ4n) is 4.10. The Hall–Kier alpha value is -4.81. The van der Waals surface area contributed by atoms with E-state index in [2.05, 4.69) is 22.0 Å². The van der Waals surface area contributed by atoms with E-state index in [1.165, 1.54) is 12.1 Å². The Labute approximate surface area is 253 Å². The zero-order chi connectivity index (χ0) is 29.9. The molecular formula is C33H29BrN2O6. The van der Waals surface area contributed by atoms with Crippen molar-refractivity contribution < 1.29 is 23.9 Å². The highest BCUT2D eigenvalue weighted by molar-refractivity contribution is 9.10. The predicted molar refractivity (Wildman–Crippen MR) is 165 cm³/mol. The Bertz CT molecular complexity index is 1600. The molecule has 0 heterocycles. The van der Waals surface area contributed by atoms with Crippen molar-refractivity contribution in [3.05, 3.63) is 122 Å².